The molecule has 0 fully saturated rings. The molecule has 7 aromatic rings. The molecule has 9 rings (SSSR count). The zero-order valence-corrected chi connectivity index (χ0v) is 33.0. The molecule has 2 aliphatic rings. The van der Waals surface area contributed by atoms with E-state index in [0.29, 0.717) is 6.61 Å². The summed E-state index contributed by atoms with van der Waals surface area (Å²) in [6, 6.07) is 48.7. The summed E-state index contributed by atoms with van der Waals surface area (Å²) in [5.74, 6) is 0.872. The Labute approximate surface area is 340 Å². The first-order chi connectivity index (χ1) is 28.6. The van der Waals surface area contributed by atoms with Crippen LogP contribution < -0.4 is 4.74 Å². The lowest BCUT2D eigenvalue weighted by Crippen LogP contribution is -1.97. The van der Waals surface area contributed by atoms with E-state index < -0.39 is 0 Å². The Morgan fingerprint density at radius 3 is 1.21 bits per heavy atom. The highest BCUT2D eigenvalue weighted by atomic mass is 16.5. The van der Waals surface area contributed by atoms with Crippen LogP contribution in [-0.4, -0.2) is 26.5 Å². The van der Waals surface area contributed by atoms with E-state index in [9.17, 15) is 0 Å². The fraction of sp³-hybridized carbons (Fsp3) is 0.132. The predicted octanol–water partition coefficient (Wildman–Crippen LogP) is 14.2. The maximum absolute atomic E-state index is 6.21. The van der Waals surface area contributed by atoms with Crippen LogP contribution in [0.25, 0.3) is 90.9 Å². The van der Waals surface area contributed by atoms with Gasteiger partial charge in [0.25, 0.3) is 0 Å². The number of allylic oxidation sites excluding steroid dienone is 2. The first kappa shape index (κ1) is 36.6. The molecule has 0 spiro atoms. The number of fused-ring (bicyclic) bond motifs is 8. The minimum atomic E-state index is 0.706. The van der Waals surface area contributed by atoms with Crippen LogP contribution in [0.15, 0.2) is 151 Å². The summed E-state index contributed by atoms with van der Waals surface area (Å²) in [4.78, 5) is 18.5. The van der Waals surface area contributed by atoms with E-state index >= 15 is 0 Å². The van der Waals surface area contributed by atoms with Gasteiger partial charge in [-0.15, -0.1) is 0 Å². The van der Waals surface area contributed by atoms with Crippen molar-refractivity contribution in [2.75, 3.05) is 6.61 Å². The third-order valence-electron chi connectivity index (χ3n) is 10.8. The zero-order valence-electron chi connectivity index (χ0n) is 33.0. The molecule has 0 saturated carbocycles. The van der Waals surface area contributed by atoms with Gasteiger partial charge in [0.1, 0.15) is 5.75 Å². The predicted molar refractivity (Wildman–Crippen MR) is 244 cm³/mol. The summed E-state index contributed by atoms with van der Waals surface area (Å²) in [7, 11) is 0. The highest BCUT2D eigenvalue weighted by Crippen LogP contribution is 2.38. The Kier molecular flexibility index (Phi) is 10.5. The van der Waals surface area contributed by atoms with Crippen LogP contribution in [0.5, 0.6) is 5.75 Å². The maximum Gasteiger partial charge on any atom is 0.119 e. The molecule has 5 heterocycles. The Bertz CT molecular complexity index is 2790. The average Bonchev–Trinajstić information content (AvgIpc) is 4.10. The lowest BCUT2D eigenvalue weighted by atomic mass is 10.0. The molecule has 4 aromatic carbocycles. The zero-order chi connectivity index (χ0) is 39.3. The SMILES string of the molecule is CC(C)=CCCCCCOc1ccc(-c2c3nc(c(-c4ccccc4)c4ccc([nH]4)c(-c4ccccc4)c4nc(c(-c5ccccc5)c5ccc2[nH]5)C=C4)C=C3)cc1. The number of unbranched alkanes of at least 4 members (excludes halogenated alkanes) is 3. The summed E-state index contributed by atoms with van der Waals surface area (Å²) in [6.07, 6.45) is 15.4. The normalized spacial score (nSPS) is 11.8. The lowest BCUT2D eigenvalue weighted by Gasteiger charge is -2.09. The third kappa shape index (κ3) is 7.72. The molecule has 284 valence electrons. The van der Waals surface area contributed by atoms with Crippen LogP contribution in [-0.2, 0) is 0 Å². The van der Waals surface area contributed by atoms with E-state index in [-0.39, 0.29) is 0 Å². The van der Waals surface area contributed by atoms with Crippen molar-refractivity contribution in [3.63, 3.8) is 0 Å². The van der Waals surface area contributed by atoms with Gasteiger partial charge in [0.15, 0.2) is 0 Å². The van der Waals surface area contributed by atoms with Gasteiger partial charge in [-0.2, -0.15) is 0 Å². The molecule has 2 aliphatic heterocycles. The molecule has 0 aliphatic carbocycles. The smallest absolute Gasteiger partial charge is 0.119 e. The molecule has 58 heavy (non-hydrogen) atoms. The summed E-state index contributed by atoms with van der Waals surface area (Å²) in [6.45, 7) is 5.02. The molecule has 0 unspecified atom stereocenters. The fourth-order valence-corrected chi connectivity index (χ4v) is 7.96. The van der Waals surface area contributed by atoms with Crippen molar-refractivity contribution in [1.29, 1.82) is 0 Å². The molecule has 8 bridgehead atoms. The largest absolute Gasteiger partial charge is 0.494 e. The van der Waals surface area contributed by atoms with Gasteiger partial charge in [-0.05, 0) is 122 Å². The first-order valence-electron chi connectivity index (χ1n) is 20.3. The Morgan fingerprint density at radius 2 is 0.828 bits per heavy atom. The summed E-state index contributed by atoms with van der Waals surface area (Å²) < 4.78 is 6.21. The number of aromatic amines is 2. The van der Waals surface area contributed by atoms with E-state index in [0.717, 1.165) is 114 Å². The number of nitrogens with one attached hydrogen (secondary N) is 2. The molecule has 3 aromatic heterocycles. The number of ether oxygens (including phenoxy) is 1. The van der Waals surface area contributed by atoms with Crippen molar-refractivity contribution >= 4 is 46.4 Å². The van der Waals surface area contributed by atoms with Gasteiger partial charge in [-0.3, -0.25) is 0 Å². The third-order valence-corrected chi connectivity index (χ3v) is 10.8. The van der Waals surface area contributed by atoms with Gasteiger partial charge in [0.2, 0.25) is 0 Å². The van der Waals surface area contributed by atoms with Gasteiger partial charge in [0.05, 0.1) is 29.4 Å². The maximum atomic E-state index is 6.21. The molecular formula is C53H46N4O. The number of aromatic nitrogens is 4. The monoisotopic (exact) mass is 754 g/mol. The van der Waals surface area contributed by atoms with E-state index in [1.165, 1.54) is 12.0 Å². The van der Waals surface area contributed by atoms with E-state index in [4.69, 9.17) is 14.7 Å². The highest BCUT2D eigenvalue weighted by Gasteiger charge is 2.19. The Hall–Kier alpha value is -6.98. The minimum absolute atomic E-state index is 0.706. The van der Waals surface area contributed by atoms with Gasteiger partial charge >= 0.3 is 0 Å². The second-order valence-electron chi connectivity index (χ2n) is 15.1. The van der Waals surface area contributed by atoms with Crippen LogP contribution >= 0.6 is 0 Å². The van der Waals surface area contributed by atoms with Crippen molar-refractivity contribution in [2.45, 2.75) is 39.5 Å². The fourth-order valence-electron chi connectivity index (χ4n) is 7.96. The Balaban J connectivity index is 1.26. The number of nitrogens with zero attached hydrogens (tertiary/aromatic N) is 2. The minimum Gasteiger partial charge on any atom is -0.494 e. The molecule has 5 heteroatoms. The molecule has 0 saturated heterocycles. The number of hydrogen-bond acceptors (Lipinski definition) is 3. The van der Waals surface area contributed by atoms with Crippen molar-refractivity contribution in [3.05, 3.63) is 174 Å². The molecule has 2 N–H and O–H groups in total. The lowest BCUT2D eigenvalue weighted by molar-refractivity contribution is 0.305. The number of rotatable bonds is 11. The molecule has 0 amide bonds. The quantitative estimate of drug-likeness (QED) is 0.102. The standard InChI is InChI=1S/C53H46N4O/c1-36(2)16-8-3-4-15-35-58-41-25-23-40(24-26-41)53-48-33-31-46(56-48)51(38-19-11-6-12-20-38)44-29-27-42(54-44)50(37-17-9-5-10-18-37)43-28-30-45(55-43)52(39-21-13-7-14-22-39)47-32-34-49(53)57-47/h5-7,9-14,16-34,54,57H,3-4,8,15,35H2,1-2H3. The van der Waals surface area contributed by atoms with E-state index in [2.05, 4.69) is 194 Å². The van der Waals surface area contributed by atoms with Crippen LogP contribution in [0.1, 0.15) is 62.3 Å². The van der Waals surface area contributed by atoms with Crippen LogP contribution in [0.4, 0.5) is 0 Å². The summed E-state index contributed by atoms with van der Waals surface area (Å²) in [5, 5.41) is 0. The molecular weight excluding hydrogens is 709 g/mol. The van der Waals surface area contributed by atoms with Gasteiger partial charge in [-0.25, -0.2) is 9.97 Å². The van der Waals surface area contributed by atoms with E-state index in [1.54, 1.807) is 0 Å². The average molecular weight is 755 g/mol. The van der Waals surface area contributed by atoms with E-state index in [1.807, 2.05) is 0 Å². The number of benzene rings is 4. The summed E-state index contributed by atoms with van der Waals surface area (Å²) >= 11 is 0. The van der Waals surface area contributed by atoms with Crippen LogP contribution in [0.2, 0.25) is 0 Å². The van der Waals surface area contributed by atoms with Crippen LogP contribution in [0, 0.1) is 0 Å². The van der Waals surface area contributed by atoms with Gasteiger partial charge in [0, 0.05) is 44.3 Å². The second-order valence-corrected chi connectivity index (χ2v) is 15.1. The highest BCUT2D eigenvalue weighted by molar-refractivity contribution is 5.99. The van der Waals surface area contributed by atoms with Crippen LogP contribution in [0.3, 0.4) is 0 Å². The molecule has 0 atom stereocenters. The topological polar surface area (TPSA) is 66.6 Å². The van der Waals surface area contributed by atoms with Crippen molar-refractivity contribution in [2.24, 2.45) is 0 Å². The van der Waals surface area contributed by atoms with Gasteiger partial charge < -0.3 is 14.7 Å². The molecule has 5 nitrogen and oxygen atoms in total. The Morgan fingerprint density at radius 1 is 0.448 bits per heavy atom. The molecule has 0 radical (unpaired) electrons. The number of H-pyrrole nitrogens is 2. The summed E-state index contributed by atoms with van der Waals surface area (Å²) in [5.41, 5.74) is 17.3. The van der Waals surface area contributed by atoms with Crippen molar-refractivity contribution < 1.29 is 4.74 Å². The number of hydrogen-bond donors (Lipinski definition) is 2. The second kappa shape index (κ2) is 16.6. The van der Waals surface area contributed by atoms with Crippen molar-refractivity contribution in [3.8, 4) is 50.3 Å². The van der Waals surface area contributed by atoms with Gasteiger partial charge in [-0.1, -0.05) is 115 Å². The van der Waals surface area contributed by atoms with Crippen molar-refractivity contribution in [1.82, 2.24) is 19.9 Å². The first-order valence-corrected chi connectivity index (χ1v) is 20.3.